The minimum atomic E-state index is -1.24. The first-order valence-electron chi connectivity index (χ1n) is 5.70. The van der Waals surface area contributed by atoms with Gasteiger partial charge in [-0.3, -0.25) is 14.4 Å². The van der Waals surface area contributed by atoms with E-state index in [-0.39, 0.29) is 18.5 Å². The minimum Gasteiger partial charge on any atom is -0.480 e. The van der Waals surface area contributed by atoms with Crippen molar-refractivity contribution in [2.75, 3.05) is 19.6 Å². The van der Waals surface area contributed by atoms with Crippen LogP contribution in [0.15, 0.2) is 0 Å². The topological polar surface area (TPSA) is 142 Å². The van der Waals surface area contributed by atoms with Crippen molar-refractivity contribution in [3.63, 3.8) is 0 Å². The average Bonchev–Trinajstić information content (AvgIpc) is 2.70. The van der Waals surface area contributed by atoms with Crippen molar-refractivity contribution in [1.82, 2.24) is 15.5 Å². The van der Waals surface area contributed by atoms with Gasteiger partial charge in [0.25, 0.3) is 0 Å². The standard InChI is InChI=1S/C10H16N4O5/c11-7(15)4-14(5-9(17)18)10(19)12-3-6-1-2-8(16)13-6/h6H,1-5H2,(H2,11,15)(H,12,19)(H,13,16)(H,17,18). The Morgan fingerprint density at radius 3 is 2.58 bits per heavy atom. The highest BCUT2D eigenvalue weighted by Gasteiger charge is 2.23. The van der Waals surface area contributed by atoms with E-state index in [1.54, 1.807) is 0 Å². The lowest BCUT2D eigenvalue weighted by molar-refractivity contribution is -0.137. The average molecular weight is 272 g/mol. The van der Waals surface area contributed by atoms with Crippen LogP contribution >= 0.6 is 0 Å². The van der Waals surface area contributed by atoms with Crippen LogP contribution in [0.4, 0.5) is 4.79 Å². The van der Waals surface area contributed by atoms with Gasteiger partial charge in [0.2, 0.25) is 11.8 Å². The molecule has 9 nitrogen and oxygen atoms in total. The normalized spacial score (nSPS) is 17.7. The van der Waals surface area contributed by atoms with E-state index < -0.39 is 31.0 Å². The SMILES string of the molecule is NC(=O)CN(CC(=O)O)C(=O)NCC1CCC(=O)N1. The largest absolute Gasteiger partial charge is 0.480 e. The van der Waals surface area contributed by atoms with Crippen molar-refractivity contribution < 1.29 is 24.3 Å². The van der Waals surface area contributed by atoms with Crippen LogP contribution in [0.25, 0.3) is 0 Å². The molecule has 1 fully saturated rings. The molecule has 0 aromatic heterocycles. The number of carboxylic acid groups (broad SMARTS) is 1. The first-order chi connectivity index (χ1) is 8.88. The molecule has 1 heterocycles. The Bertz CT molecular complexity index is 381. The molecule has 1 atom stereocenters. The second-order valence-corrected chi connectivity index (χ2v) is 4.21. The first-order valence-corrected chi connectivity index (χ1v) is 5.70. The smallest absolute Gasteiger partial charge is 0.323 e. The number of amides is 4. The van der Waals surface area contributed by atoms with Crippen LogP contribution in [0.1, 0.15) is 12.8 Å². The number of carboxylic acids is 1. The molecular weight excluding hydrogens is 256 g/mol. The van der Waals surface area contributed by atoms with E-state index in [9.17, 15) is 19.2 Å². The molecule has 0 radical (unpaired) electrons. The van der Waals surface area contributed by atoms with Crippen LogP contribution in [-0.4, -0.2) is 59.5 Å². The van der Waals surface area contributed by atoms with Gasteiger partial charge in [-0.05, 0) is 6.42 Å². The van der Waals surface area contributed by atoms with Gasteiger partial charge < -0.3 is 26.4 Å². The number of hydrogen-bond acceptors (Lipinski definition) is 4. The van der Waals surface area contributed by atoms with Crippen LogP contribution in [0.5, 0.6) is 0 Å². The number of nitrogens with two attached hydrogens (primary N) is 1. The Kier molecular flexibility index (Phi) is 5.10. The lowest BCUT2D eigenvalue weighted by atomic mass is 10.2. The van der Waals surface area contributed by atoms with E-state index in [2.05, 4.69) is 10.6 Å². The molecule has 1 saturated heterocycles. The molecule has 0 aliphatic carbocycles. The molecule has 0 saturated carbocycles. The highest BCUT2D eigenvalue weighted by Crippen LogP contribution is 2.05. The van der Waals surface area contributed by atoms with Gasteiger partial charge in [-0.1, -0.05) is 0 Å². The molecule has 9 heteroatoms. The van der Waals surface area contributed by atoms with E-state index >= 15 is 0 Å². The van der Waals surface area contributed by atoms with Crippen molar-refractivity contribution in [3.8, 4) is 0 Å². The number of nitrogens with one attached hydrogen (secondary N) is 2. The molecule has 106 valence electrons. The number of nitrogens with zero attached hydrogens (tertiary/aromatic N) is 1. The summed E-state index contributed by atoms with van der Waals surface area (Å²) in [5.74, 6) is -2.13. The molecule has 1 unspecified atom stereocenters. The van der Waals surface area contributed by atoms with Gasteiger partial charge in [-0.2, -0.15) is 0 Å². The number of urea groups is 1. The predicted octanol–water partition coefficient (Wildman–Crippen LogP) is -2.15. The second kappa shape index (κ2) is 6.57. The summed E-state index contributed by atoms with van der Waals surface area (Å²) in [4.78, 5) is 44.7. The van der Waals surface area contributed by atoms with E-state index in [0.717, 1.165) is 4.90 Å². The van der Waals surface area contributed by atoms with Crippen LogP contribution in [-0.2, 0) is 14.4 Å². The Labute approximate surface area is 109 Å². The number of primary amides is 1. The lowest BCUT2D eigenvalue weighted by Gasteiger charge is -2.20. The third kappa shape index (κ3) is 5.23. The van der Waals surface area contributed by atoms with Crippen molar-refractivity contribution >= 4 is 23.8 Å². The highest BCUT2D eigenvalue weighted by molar-refractivity contribution is 5.86. The molecule has 4 amide bonds. The summed E-state index contributed by atoms with van der Waals surface area (Å²) in [5, 5.41) is 13.7. The fourth-order valence-corrected chi connectivity index (χ4v) is 1.70. The molecule has 0 aromatic carbocycles. The number of rotatable bonds is 6. The predicted molar refractivity (Wildman–Crippen MR) is 63.0 cm³/mol. The van der Waals surface area contributed by atoms with Gasteiger partial charge in [-0.25, -0.2) is 4.79 Å². The highest BCUT2D eigenvalue weighted by atomic mass is 16.4. The van der Waals surface area contributed by atoms with E-state index in [1.165, 1.54) is 0 Å². The lowest BCUT2D eigenvalue weighted by Crippen LogP contribution is -2.49. The van der Waals surface area contributed by atoms with Gasteiger partial charge in [-0.15, -0.1) is 0 Å². The van der Waals surface area contributed by atoms with Gasteiger partial charge in [0.15, 0.2) is 0 Å². The van der Waals surface area contributed by atoms with Crippen LogP contribution in [0, 0.1) is 0 Å². The first kappa shape index (κ1) is 14.7. The summed E-state index contributed by atoms with van der Waals surface area (Å²) in [6, 6.07) is -0.876. The number of carbonyl (C=O) groups is 4. The Morgan fingerprint density at radius 1 is 1.42 bits per heavy atom. The summed E-state index contributed by atoms with van der Waals surface area (Å²) in [7, 11) is 0. The molecule has 5 N–H and O–H groups in total. The van der Waals surface area contributed by atoms with E-state index in [1.807, 2.05) is 0 Å². The summed E-state index contributed by atoms with van der Waals surface area (Å²) in [6.45, 7) is -0.916. The van der Waals surface area contributed by atoms with Crippen molar-refractivity contribution in [3.05, 3.63) is 0 Å². The third-order valence-electron chi connectivity index (χ3n) is 2.54. The van der Waals surface area contributed by atoms with Crippen LogP contribution in [0.2, 0.25) is 0 Å². The summed E-state index contributed by atoms with van der Waals surface area (Å²) < 4.78 is 0. The molecule has 1 aliphatic heterocycles. The molecular formula is C10H16N4O5. The summed E-state index contributed by atoms with van der Waals surface area (Å²) in [6.07, 6.45) is 1.01. The fourth-order valence-electron chi connectivity index (χ4n) is 1.70. The van der Waals surface area contributed by atoms with Gasteiger partial charge in [0, 0.05) is 19.0 Å². The van der Waals surface area contributed by atoms with Gasteiger partial charge in [0.1, 0.15) is 13.1 Å². The Morgan fingerprint density at radius 2 is 2.11 bits per heavy atom. The van der Waals surface area contributed by atoms with Crippen molar-refractivity contribution in [2.45, 2.75) is 18.9 Å². The molecule has 0 bridgehead atoms. The summed E-state index contributed by atoms with van der Waals surface area (Å²) >= 11 is 0. The Hall–Kier alpha value is -2.32. The Balaban J connectivity index is 2.44. The maximum atomic E-state index is 11.7. The van der Waals surface area contributed by atoms with E-state index in [0.29, 0.717) is 12.8 Å². The monoisotopic (exact) mass is 272 g/mol. The van der Waals surface area contributed by atoms with Gasteiger partial charge in [0.05, 0.1) is 0 Å². The number of aliphatic carboxylic acids is 1. The number of hydrogen-bond donors (Lipinski definition) is 4. The van der Waals surface area contributed by atoms with Crippen molar-refractivity contribution in [1.29, 1.82) is 0 Å². The molecule has 0 spiro atoms. The zero-order chi connectivity index (χ0) is 14.4. The van der Waals surface area contributed by atoms with Gasteiger partial charge >= 0.3 is 12.0 Å². The quantitative estimate of drug-likeness (QED) is 0.436. The molecule has 1 rings (SSSR count). The van der Waals surface area contributed by atoms with Crippen LogP contribution < -0.4 is 16.4 Å². The molecule has 1 aliphatic rings. The van der Waals surface area contributed by atoms with Crippen LogP contribution in [0.3, 0.4) is 0 Å². The maximum Gasteiger partial charge on any atom is 0.323 e. The third-order valence-corrected chi connectivity index (χ3v) is 2.54. The number of carbonyl (C=O) groups excluding carboxylic acids is 3. The minimum absolute atomic E-state index is 0.0845. The summed E-state index contributed by atoms with van der Waals surface area (Å²) in [5.41, 5.74) is 4.93. The zero-order valence-corrected chi connectivity index (χ0v) is 10.2. The molecule has 19 heavy (non-hydrogen) atoms. The maximum absolute atomic E-state index is 11.7. The van der Waals surface area contributed by atoms with Crippen molar-refractivity contribution in [2.24, 2.45) is 5.73 Å². The zero-order valence-electron chi connectivity index (χ0n) is 10.2. The molecule has 0 aromatic rings. The van der Waals surface area contributed by atoms with E-state index in [4.69, 9.17) is 10.8 Å². The second-order valence-electron chi connectivity index (χ2n) is 4.21. The fraction of sp³-hybridized carbons (Fsp3) is 0.600.